The first-order chi connectivity index (χ1) is 15.7. The van der Waals surface area contributed by atoms with Crippen LogP contribution in [0, 0.1) is 13.8 Å². The molecular weight excluding hydrogens is 428 g/mol. The number of Topliss-reactive ketones (excluding diaryl/α,β-unsaturated/α-hetero) is 1. The Morgan fingerprint density at radius 2 is 1.73 bits per heavy atom. The maximum absolute atomic E-state index is 13.4. The van der Waals surface area contributed by atoms with Crippen molar-refractivity contribution >= 4 is 12.1 Å². The van der Waals surface area contributed by atoms with Crippen LogP contribution < -0.4 is 9.47 Å². The largest absolute Gasteiger partial charge is 0.586 e. The van der Waals surface area contributed by atoms with Gasteiger partial charge in [-0.3, -0.25) is 14.6 Å². The number of pyridine rings is 1. The standard InChI is InChI=1S/C26H21F2NO4/c1-15-3-5-17(11-18(15)14-30)24-16(2)4-7-20(29-24)13-23(31)25(9-10-25)19-6-8-21-22(12-19)33-26(27,28)32-21/h3-8,11-12,14H,9-10,13H2,1-2H3. The average Bonchev–Trinajstić information content (AvgIpc) is 3.52. The summed E-state index contributed by atoms with van der Waals surface area (Å²) < 4.78 is 35.7. The molecule has 7 heteroatoms. The zero-order valence-electron chi connectivity index (χ0n) is 18.2. The number of rotatable bonds is 6. The quantitative estimate of drug-likeness (QED) is 0.475. The molecule has 0 amide bonds. The molecule has 1 aromatic heterocycles. The van der Waals surface area contributed by atoms with Gasteiger partial charge in [-0.2, -0.15) is 0 Å². The van der Waals surface area contributed by atoms with Crippen molar-refractivity contribution in [1.29, 1.82) is 0 Å². The van der Waals surface area contributed by atoms with Crippen molar-refractivity contribution in [2.45, 2.75) is 44.8 Å². The Labute approximate surface area is 189 Å². The molecule has 0 spiro atoms. The summed E-state index contributed by atoms with van der Waals surface area (Å²) in [6.07, 6.45) is -1.48. The lowest BCUT2D eigenvalue weighted by molar-refractivity contribution is -0.286. The van der Waals surface area contributed by atoms with Gasteiger partial charge in [0.15, 0.2) is 11.5 Å². The van der Waals surface area contributed by atoms with Crippen LogP contribution >= 0.6 is 0 Å². The highest BCUT2D eigenvalue weighted by Gasteiger charge is 2.52. The number of ether oxygens (including phenoxy) is 2. The fourth-order valence-electron chi connectivity index (χ4n) is 4.31. The summed E-state index contributed by atoms with van der Waals surface area (Å²) in [5.74, 6) is -0.116. The molecule has 5 nitrogen and oxygen atoms in total. The highest BCUT2D eigenvalue weighted by Crippen LogP contribution is 2.52. The van der Waals surface area contributed by atoms with Gasteiger partial charge in [-0.05, 0) is 67.6 Å². The first-order valence-electron chi connectivity index (χ1n) is 10.7. The molecule has 2 heterocycles. The minimum absolute atomic E-state index is 0.0204. The van der Waals surface area contributed by atoms with Crippen LogP contribution in [0.5, 0.6) is 11.5 Å². The van der Waals surface area contributed by atoms with Gasteiger partial charge in [0.1, 0.15) is 12.1 Å². The number of fused-ring (bicyclic) bond motifs is 1. The average molecular weight is 449 g/mol. The van der Waals surface area contributed by atoms with Crippen molar-refractivity contribution in [3.63, 3.8) is 0 Å². The predicted octanol–water partition coefficient (Wildman–Crippen LogP) is 5.34. The van der Waals surface area contributed by atoms with E-state index >= 15 is 0 Å². The van der Waals surface area contributed by atoms with Gasteiger partial charge in [0, 0.05) is 23.2 Å². The van der Waals surface area contributed by atoms with E-state index in [4.69, 9.17) is 4.98 Å². The molecule has 0 bridgehead atoms. The fraction of sp³-hybridized carbons (Fsp3) is 0.269. The van der Waals surface area contributed by atoms with Crippen molar-refractivity contribution < 1.29 is 27.8 Å². The van der Waals surface area contributed by atoms with Crippen molar-refractivity contribution in [2.24, 2.45) is 0 Å². The molecule has 3 aromatic rings. The Hall–Kier alpha value is -3.61. The van der Waals surface area contributed by atoms with Crippen LogP contribution in [0.3, 0.4) is 0 Å². The number of hydrogen-bond acceptors (Lipinski definition) is 5. The Morgan fingerprint density at radius 1 is 1.00 bits per heavy atom. The Bertz CT molecular complexity index is 1300. The number of ketones is 1. The van der Waals surface area contributed by atoms with Gasteiger partial charge in [-0.25, -0.2) is 0 Å². The molecule has 1 fully saturated rings. The SMILES string of the molecule is Cc1ccc(-c2nc(CC(=O)C3(c4ccc5c(c4)OC(F)(F)O5)CC3)ccc2C)cc1C=O. The number of benzene rings is 2. The topological polar surface area (TPSA) is 65.5 Å². The summed E-state index contributed by atoms with van der Waals surface area (Å²) in [7, 11) is 0. The van der Waals surface area contributed by atoms with E-state index in [0.717, 1.165) is 28.7 Å². The smallest absolute Gasteiger partial charge is 0.395 e. The number of aryl methyl sites for hydroxylation is 2. The summed E-state index contributed by atoms with van der Waals surface area (Å²) in [6, 6.07) is 13.9. The third-order valence-corrected chi connectivity index (χ3v) is 6.41. The summed E-state index contributed by atoms with van der Waals surface area (Å²) in [4.78, 5) is 29.4. The molecule has 0 saturated heterocycles. The molecule has 33 heavy (non-hydrogen) atoms. The van der Waals surface area contributed by atoms with E-state index in [2.05, 4.69) is 9.47 Å². The molecule has 0 atom stereocenters. The minimum Gasteiger partial charge on any atom is -0.395 e. The monoisotopic (exact) mass is 449 g/mol. The van der Waals surface area contributed by atoms with Crippen LogP contribution in [0.2, 0.25) is 0 Å². The van der Waals surface area contributed by atoms with Crippen molar-refractivity contribution in [1.82, 2.24) is 4.98 Å². The number of carbonyl (C=O) groups excluding carboxylic acids is 2. The van der Waals surface area contributed by atoms with Crippen molar-refractivity contribution in [3.8, 4) is 22.8 Å². The van der Waals surface area contributed by atoms with Crippen LogP contribution in [-0.4, -0.2) is 23.3 Å². The van der Waals surface area contributed by atoms with E-state index in [9.17, 15) is 18.4 Å². The molecular formula is C26H21F2NO4. The lowest BCUT2D eigenvalue weighted by atomic mass is 9.88. The predicted molar refractivity (Wildman–Crippen MR) is 117 cm³/mol. The third-order valence-electron chi connectivity index (χ3n) is 6.41. The van der Waals surface area contributed by atoms with E-state index in [1.807, 2.05) is 38.1 Å². The zero-order chi connectivity index (χ0) is 23.4. The molecule has 1 saturated carbocycles. The maximum atomic E-state index is 13.4. The second kappa shape index (κ2) is 7.47. The zero-order valence-corrected chi connectivity index (χ0v) is 18.2. The summed E-state index contributed by atoms with van der Waals surface area (Å²) >= 11 is 0. The normalized spacial score (nSPS) is 17.0. The Balaban J connectivity index is 1.41. The summed E-state index contributed by atoms with van der Waals surface area (Å²) in [5, 5.41) is 0. The number of nitrogens with zero attached hydrogens (tertiary/aromatic N) is 1. The van der Waals surface area contributed by atoms with E-state index in [1.165, 1.54) is 12.1 Å². The summed E-state index contributed by atoms with van der Waals surface area (Å²) in [5.41, 5.74) is 4.49. The number of hydrogen-bond donors (Lipinski definition) is 0. The van der Waals surface area contributed by atoms with E-state index in [-0.39, 0.29) is 23.7 Å². The molecule has 2 aliphatic rings. The Morgan fingerprint density at radius 3 is 2.45 bits per heavy atom. The van der Waals surface area contributed by atoms with Gasteiger partial charge in [-0.15, -0.1) is 8.78 Å². The second-order valence-corrected chi connectivity index (χ2v) is 8.67. The van der Waals surface area contributed by atoms with Crippen LogP contribution in [0.25, 0.3) is 11.3 Å². The molecule has 5 rings (SSSR count). The number of aromatic nitrogens is 1. The van der Waals surface area contributed by atoms with E-state index in [0.29, 0.717) is 29.7 Å². The minimum atomic E-state index is -3.69. The van der Waals surface area contributed by atoms with Crippen molar-refractivity contribution in [3.05, 3.63) is 76.5 Å². The lowest BCUT2D eigenvalue weighted by Gasteiger charge is -2.16. The maximum Gasteiger partial charge on any atom is 0.586 e. The first kappa shape index (κ1) is 21.2. The van der Waals surface area contributed by atoms with E-state index in [1.54, 1.807) is 12.1 Å². The second-order valence-electron chi connectivity index (χ2n) is 8.67. The van der Waals surface area contributed by atoms with Crippen LogP contribution in [0.15, 0.2) is 48.5 Å². The van der Waals surface area contributed by atoms with Crippen LogP contribution in [0.1, 0.15) is 45.6 Å². The van der Waals surface area contributed by atoms with Gasteiger partial charge in [0.05, 0.1) is 11.1 Å². The molecule has 1 aliphatic carbocycles. The molecule has 168 valence electrons. The van der Waals surface area contributed by atoms with Gasteiger partial charge >= 0.3 is 6.29 Å². The van der Waals surface area contributed by atoms with Crippen molar-refractivity contribution in [2.75, 3.05) is 0 Å². The number of alkyl halides is 2. The molecule has 1 aliphatic heterocycles. The van der Waals surface area contributed by atoms with Gasteiger partial charge in [0.2, 0.25) is 0 Å². The number of aldehydes is 1. The number of halogens is 2. The number of carbonyl (C=O) groups is 2. The summed E-state index contributed by atoms with van der Waals surface area (Å²) in [6.45, 7) is 3.80. The van der Waals surface area contributed by atoms with E-state index < -0.39 is 11.7 Å². The highest BCUT2D eigenvalue weighted by atomic mass is 19.3. The van der Waals surface area contributed by atoms with Gasteiger partial charge < -0.3 is 9.47 Å². The van der Waals surface area contributed by atoms with Crippen LogP contribution in [0.4, 0.5) is 8.78 Å². The molecule has 0 radical (unpaired) electrons. The van der Waals surface area contributed by atoms with Gasteiger partial charge in [0.25, 0.3) is 0 Å². The third kappa shape index (κ3) is 3.77. The molecule has 0 N–H and O–H groups in total. The fourth-order valence-corrected chi connectivity index (χ4v) is 4.31. The van der Waals surface area contributed by atoms with Gasteiger partial charge in [-0.1, -0.05) is 24.3 Å². The molecule has 2 aromatic carbocycles. The lowest BCUT2D eigenvalue weighted by Crippen LogP contribution is -2.26. The highest BCUT2D eigenvalue weighted by molar-refractivity contribution is 5.94. The molecule has 0 unspecified atom stereocenters. The first-order valence-corrected chi connectivity index (χ1v) is 10.7. The Kier molecular flexibility index (Phi) is 4.81. The van der Waals surface area contributed by atoms with Crippen LogP contribution in [-0.2, 0) is 16.6 Å².